The van der Waals surface area contributed by atoms with E-state index in [0.717, 1.165) is 42.0 Å². The van der Waals surface area contributed by atoms with Crippen LogP contribution in [0, 0.1) is 5.92 Å². The SMILES string of the molecule is CCn1nc(CCNC2CN3CCC2CC3)c2c(C(=O)OC)cccc21. The third-order valence-corrected chi connectivity index (χ3v) is 5.98. The van der Waals surface area contributed by atoms with Gasteiger partial charge in [0.15, 0.2) is 0 Å². The minimum atomic E-state index is -0.294. The predicted molar refractivity (Wildman–Crippen MR) is 101 cm³/mol. The molecule has 2 aromatic rings. The molecule has 3 aliphatic heterocycles. The summed E-state index contributed by atoms with van der Waals surface area (Å²) in [5, 5.41) is 9.46. The van der Waals surface area contributed by atoms with Gasteiger partial charge < -0.3 is 15.0 Å². The van der Waals surface area contributed by atoms with Crippen LogP contribution in [0.2, 0.25) is 0 Å². The molecule has 0 aliphatic carbocycles. The number of nitrogens with zero attached hydrogens (tertiary/aromatic N) is 3. The minimum Gasteiger partial charge on any atom is -0.465 e. The summed E-state index contributed by atoms with van der Waals surface area (Å²) in [7, 11) is 1.43. The van der Waals surface area contributed by atoms with Crippen molar-refractivity contribution in [2.75, 3.05) is 33.3 Å². The molecule has 6 heteroatoms. The van der Waals surface area contributed by atoms with Crippen molar-refractivity contribution >= 4 is 16.9 Å². The zero-order valence-corrected chi connectivity index (χ0v) is 15.7. The van der Waals surface area contributed by atoms with E-state index in [0.29, 0.717) is 11.6 Å². The highest BCUT2D eigenvalue weighted by atomic mass is 16.5. The Morgan fingerprint density at radius 1 is 1.35 bits per heavy atom. The lowest BCUT2D eigenvalue weighted by Gasteiger charge is -2.45. The van der Waals surface area contributed by atoms with Crippen molar-refractivity contribution in [1.29, 1.82) is 0 Å². The number of benzene rings is 1. The van der Waals surface area contributed by atoms with Crippen LogP contribution in [0.5, 0.6) is 0 Å². The van der Waals surface area contributed by atoms with Crippen LogP contribution in [0.3, 0.4) is 0 Å². The van der Waals surface area contributed by atoms with Gasteiger partial charge in [0.1, 0.15) is 0 Å². The normalized spacial score (nSPS) is 24.9. The first kappa shape index (κ1) is 17.5. The molecule has 0 spiro atoms. The van der Waals surface area contributed by atoms with Crippen molar-refractivity contribution in [3.63, 3.8) is 0 Å². The number of esters is 1. The molecule has 0 amide bonds. The van der Waals surface area contributed by atoms with Gasteiger partial charge in [-0.25, -0.2) is 4.79 Å². The monoisotopic (exact) mass is 356 g/mol. The lowest BCUT2D eigenvalue weighted by Crippen LogP contribution is -2.56. The number of hydrogen-bond donors (Lipinski definition) is 1. The first-order valence-electron chi connectivity index (χ1n) is 9.73. The van der Waals surface area contributed by atoms with Gasteiger partial charge in [-0.2, -0.15) is 5.10 Å². The largest absolute Gasteiger partial charge is 0.465 e. The van der Waals surface area contributed by atoms with Gasteiger partial charge in [-0.15, -0.1) is 0 Å². The number of piperidine rings is 3. The number of aryl methyl sites for hydroxylation is 1. The summed E-state index contributed by atoms with van der Waals surface area (Å²) in [4.78, 5) is 14.8. The number of nitrogens with one attached hydrogen (secondary N) is 1. The minimum absolute atomic E-state index is 0.294. The average molecular weight is 356 g/mol. The first-order valence-corrected chi connectivity index (χ1v) is 9.73. The van der Waals surface area contributed by atoms with Gasteiger partial charge in [-0.1, -0.05) is 6.07 Å². The third kappa shape index (κ3) is 3.12. The number of aromatic nitrogens is 2. The molecular weight excluding hydrogens is 328 g/mol. The van der Waals surface area contributed by atoms with Crippen molar-refractivity contribution in [3.05, 3.63) is 29.5 Å². The fourth-order valence-corrected chi connectivity index (χ4v) is 4.58. The fourth-order valence-electron chi connectivity index (χ4n) is 4.58. The molecule has 1 aromatic carbocycles. The van der Waals surface area contributed by atoms with E-state index in [9.17, 15) is 4.79 Å². The quantitative estimate of drug-likeness (QED) is 0.803. The van der Waals surface area contributed by atoms with Crippen LogP contribution in [0.25, 0.3) is 10.9 Å². The summed E-state index contributed by atoms with van der Waals surface area (Å²) >= 11 is 0. The zero-order valence-electron chi connectivity index (χ0n) is 15.7. The molecule has 1 N–H and O–H groups in total. The molecule has 1 unspecified atom stereocenters. The van der Waals surface area contributed by atoms with Crippen LogP contribution in [-0.2, 0) is 17.7 Å². The average Bonchev–Trinajstić information content (AvgIpc) is 3.06. The Labute approximate surface area is 154 Å². The molecule has 3 saturated heterocycles. The van der Waals surface area contributed by atoms with Crippen molar-refractivity contribution in [2.45, 2.75) is 38.8 Å². The van der Waals surface area contributed by atoms with Crippen LogP contribution in [-0.4, -0.2) is 60.0 Å². The molecule has 1 aromatic heterocycles. The molecule has 1 atom stereocenters. The Morgan fingerprint density at radius 2 is 2.15 bits per heavy atom. The number of hydrogen-bond acceptors (Lipinski definition) is 5. The van der Waals surface area contributed by atoms with Crippen molar-refractivity contribution in [2.24, 2.45) is 5.92 Å². The van der Waals surface area contributed by atoms with E-state index in [-0.39, 0.29) is 5.97 Å². The van der Waals surface area contributed by atoms with Crippen LogP contribution in [0.1, 0.15) is 35.8 Å². The molecule has 0 radical (unpaired) electrons. The Balaban J connectivity index is 1.53. The van der Waals surface area contributed by atoms with E-state index in [2.05, 4.69) is 17.1 Å². The lowest BCUT2D eigenvalue weighted by molar-refractivity contribution is 0.0603. The molecule has 4 heterocycles. The van der Waals surface area contributed by atoms with Gasteiger partial charge >= 0.3 is 5.97 Å². The Hall–Kier alpha value is -1.92. The van der Waals surface area contributed by atoms with E-state index in [1.807, 2.05) is 22.9 Å². The topological polar surface area (TPSA) is 59.4 Å². The summed E-state index contributed by atoms with van der Waals surface area (Å²) in [6, 6.07) is 6.36. The summed E-state index contributed by atoms with van der Waals surface area (Å²) in [5.41, 5.74) is 2.60. The second kappa shape index (κ2) is 7.37. The number of fused-ring (bicyclic) bond motifs is 4. The number of methoxy groups -OCH3 is 1. The van der Waals surface area contributed by atoms with Crippen molar-refractivity contribution in [1.82, 2.24) is 20.0 Å². The van der Waals surface area contributed by atoms with Crippen molar-refractivity contribution < 1.29 is 9.53 Å². The molecule has 3 fully saturated rings. The molecule has 3 aliphatic rings. The highest BCUT2D eigenvalue weighted by Crippen LogP contribution is 2.28. The number of rotatable bonds is 6. The first-order chi connectivity index (χ1) is 12.7. The highest BCUT2D eigenvalue weighted by Gasteiger charge is 2.33. The van der Waals surface area contributed by atoms with Crippen LogP contribution < -0.4 is 5.32 Å². The summed E-state index contributed by atoms with van der Waals surface area (Å²) in [6.07, 6.45) is 3.45. The zero-order chi connectivity index (χ0) is 18.1. The van der Waals surface area contributed by atoms with Gasteiger partial charge in [-0.05, 0) is 50.9 Å². The molecule has 26 heavy (non-hydrogen) atoms. The van der Waals surface area contributed by atoms with E-state index < -0.39 is 0 Å². The molecule has 140 valence electrons. The van der Waals surface area contributed by atoms with Gasteiger partial charge in [0.25, 0.3) is 0 Å². The van der Waals surface area contributed by atoms with E-state index >= 15 is 0 Å². The Morgan fingerprint density at radius 3 is 2.81 bits per heavy atom. The number of carbonyl (C=O) groups excluding carboxylic acids is 1. The Kier molecular flexibility index (Phi) is 4.96. The van der Waals surface area contributed by atoms with Gasteiger partial charge in [0.05, 0.1) is 23.9 Å². The Bertz CT molecular complexity index is 792. The molecule has 6 nitrogen and oxygen atoms in total. The predicted octanol–water partition coefficient (Wildman–Crippen LogP) is 2.07. The molecule has 2 bridgehead atoms. The molecular formula is C20H28N4O2. The molecule has 5 rings (SSSR count). The van der Waals surface area contributed by atoms with Crippen LogP contribution in [0.4, 0.5) is 0 Å². The van der Waals surface area contributed by atoms with Crippen LogP contribution >= 0.6 is 0 Å². The maximum atomic E-state index is 12.2. The highest BCUT2D eigenvalue weighted by molar-refractivity contribution is 6.04. The summed E-state index contributed by atoms with van der Waals surface area (Å²) in [5.74, 6) is 0.522. The second-order valence-corrected chi connectivity index (χ2v) is 7.40. The molecule has 0 saturated carbocycles. The number of ether oxygens (including phenoxy) is 1. The lowest BCUT2D eigenvalue weighted by atomic mass is 9.84. The van der Waals surface area contributed by atoms with Crippen LogP contribution in [0.15, 0.2) is 18.2 Å². The number of carbonyl (C=O) groups is 1. The summed E-state index contributed by atoms with van der Waals surface area (Å²) < 4.78 is 6.96. The van der Waals surface area contributed by atoms with E-state index in [4.69, 9.17) is 9.84 Å². The van der Waals surface area contributed by atoms with Crippen molar-refractivity contribution in [3.8, 4) is 0 Å². The smallest absolute Gasteiger partial charge is 0.338 e. The summed E-state index contributed by atoms with van der Waals surface area (Å²) in [6.45, 7) is 7.44. The van der Waals surface area contributed by atoms with Gasteiger partial charge in [-0.3, -0.25) is 4.68 Å². The van der Waals surface area contributed by atoms with E-state index in [1.165, 1.54) is 39.6 Å². The van der Waals surface area contributed by atoms with E-state index in [1.54, 1.807) is 0 Å². The fraction of sp³-hybridized carbons (Fsp3) is 0.600. The van der Waals surface area contributed by atoms with Gasteiger partial charge in [0.2, 0.25) is 0 Å². The maximum Gasteiger partial charge on any atom is 0.338 e. The standard InChI is InChI=1S/C20H28N4O2/c1-3-24-18-6-4-5-15(20(25)26-2)19(18)16(22-24)7-10-21-17-13-23-11-8-14(17)9-12-23/h4-6,14,17,21H,3,7-13H2,1-2H3. The second-order valence-electron chi connectivity index (χ2n) is 7.40. The van der Waals surface area contributed by atoms with Gasteiger partial charge in [0, 0.05) is 37.5 Å². The maximum absolute atomic E-state index is 12.2. The third-order valence-electron chi connectivity index (χ3n) is 5.98.